The lowest BCUT2D eigenvalue weighted by molar-refractivity contribution is 0.683. The van der Waals surface area contributed by atoms with Crippen molar-refractivity contribution in [1.82, 2.24) is 14.8 Å². The zero-order valence-electron chi connectivity index (χ0n) is 8.82. The van der Waals surface area contributed by atoms with Crippen LogP contribution in [0.1, 0.15) is 13.3 Å². The largest absolute Gasteiger partial charge is 0.314 e. The van der Waals surface area contributed by atoms with E-state index in [-0.39, 0.29) is 0 Å². The molecule has 5 heteroatoms. The summed E-state index contributed by atoms with van der Waals surface area (Å²) in [6, 6.07) is 5.47. The Morgan fingerprint density at radius 3 is 2.75 bits per heavy atom. The highest BCUT2D eigenvalue weighted by Gasteiger charge is 2.08. The van der Waals surface area contributed by atoms with Gasteiger partial charge in [0, 0.05) is 12.1 Å². The fraction of sp³-hybridized carbons (Fsp3) is 0.273. The molecule has 84 valence electrons. The molecule has 0 atom stereocenters. The molecule has 0 aliphatic rings. The molecule has 0 N–H and O–H groups in total. The number of hydrogen-bond donors (Lipinski definition) is 0. The van der Waals surface area contributed by atoms with Crippen LogP contribution in [0.4, 0.5) is 0 Å². The second-order valence-electron chi connectivity index (χ2n) is 3.48. The van der Waals surface area contributed by atoms with Gasteiger partial charge in [0.2, 0.25) is 0 Å². The standard InChI is InChI=1S/C11H11Cl2N3/c1-2-5-16-7-14-15-11(16)8-3-4-9(12)10(13)6-8/h3-4,6-7H,2,5H2,1H3. The minimum absolute atomic E-state index is 0.533. The van der Waals surface area contributed by atoms with E-state index >= 15 is 0 Å². The van der Waals surface area contributed by atoms with Crippen LogP contribution in [0.5, 0.6) is 0 Å². The third kappa shape index (κ3) is 2.20. The first-order valence-electron chi connectivity index (χ1n) is 5.05. The molecule has 0 aliphatic heterocycles. The van der Waals surface area contributed by atoms with Crippen LogP contribution in [-0.2, 0) is 6.54 Å². The number of hydrogen-bond acceptors (Lipinski definition) is 2. The quantitative estimate of drug-likeness (QED) is 0.838. The predicted octanol–water partition coefficient (Wildman–Crippen LogP) is 3.66. The van der Waals surface area contributed by atoms with Gasteiger partial charge in [0.05, 0.1) is 10.0 Å². The van der Waals surface area contributed by atoms with Crippen molar-refractivity contribution in [2.75, 3.05) is 0 Å². The van der Waals surface area contributed by atoms with Crippen LogP contribution in [0, 0.1) is 0 Å². The van der Waals surface area contributed by atoms with Crippen molar-refractivity contribution in [2.45, 2.75) is 19.9 Å². The van der Waals surface area contributed by atoms with Gasteiger partial charge in [-0.25, -0.2) is 0 Å². The van der Waals surface area contributed by atoms with Crippen LogP contribution in [0.3, 0.4) is 0 Å². The fourth-order valence-electron chi connectivity index (χ4n) is 1.52. The molecule has 1 heterocycles. The first-order valence-corrected chi connectivity index (χ1v) is 5.81. The van der Waals surface area contributed by atoms with Crippen LogP contribution in [0.15, 0.2) is 24.5 Å². The maximum absolute atomic E-state index is 5.97. The van der Waals surface area contributed by atoms with Gasteiger partial charge in [-0.1, -0.05) is 30.1 Å². The lowest BCUT2D eigenvalue weighted by Gasteiger charge is -2.05. The van der Waals surface area contributed by atoms with Gasteiger partial charge in [0.1, 0.15) is 6.33 Å². The molecule has 0 fully saturated rings. The van der Waals surface area contributed by atoms with Crippen molar-refractivity contribution in [3.63, 3.8) is 0 Å². The first-order chi connectivity index (χ1) is 7.72. The molecule has 2 aromatic rings. The van der Waals surface area contributed by atoms with Gasteiger partial charge in [-0.05, 0) is 24.6 Å². The van der Waals surface area contributed by atoms with Crippen molar-refractivity contribution in [1.29, 1.82) is 0 Å². The highest BCUT2D eigenvalue weighted by molar-refractivity contribution is 6.42. The first kappa shape index (κ1) is 11.4. The molecule has 2 rings (SSSR count). The molecule has 16 heavy (non-hydrogen) atoms. The van der Waals surface area contributed by atoms with Gasteiger partial charge < -0.3 is 4.57 Å². The summed E-state index contributed by atoms with van der Waals surface area (Å²) in [5.41, 5.74) is 0.931. The SMILES string of the molecule is CCCn1cnnc1-c1ccc(Cl)c(Cl)c1. The summed E-state index contributed by atoms with van der Waals surface area (Å²) in [6.45, 7) is 3.00. The van der Waals surface area contributed by atoms with Gasteiger partial charge in [0.25, 0.3) is 0 Å². The van der Waals surface area contributed by atoms with E-state index in [1.165, 1.54) is 0 Å². The summed E-state index contributed by atoms with van der Waals surface area (Å²) >= 11 is 11.8. The van der Waals surface area contributed by atoms with E-state index in [2.05, 4.69) is 17.1 Å². The van der Waals surface area contributed by atoms with Crippen molar-refractivity contribution in [3.8, 4) is 11.4 Å². The maximum atomic E-state index is 5.97. The lowest BCUT2D eigenvalue weighted by Crippen LogP contribution is -1.98. The molecule has 0 spiro atoms. The summed E-state index contributed by atoms with van der Waals surface area (Å²) in [5, 5.41) is 9.07. The number of nitrogens with zero attached hydrogens (tertiary/aromatic N) is 3. The van der Waals surface area contributed by atoms with E-state index in [0.29, 0.717) is 10.0 Å². The number of benzene rings is 1. The molecule has 0 aliphatic carbocycles. The van der Waals surface area contributed by atoms with E-state index in [1.807, 2.05) is 10.6 Å². The Hall–Kier alpha value is -1.06. The number of aryl methyl sites for hydroxylation is 1. The van der Waals surface area contributed by atoms with E-state index < -0.39 is 0 Å². The fourth-order valence-corrected chi connectivity index (χ4v) is 1.82. The molecule has 0 saturated heterocycles. The van der Waals surface area contributed by atoms with Gasteiger partial charge >= 0.3 is 0 Å². The minimum Gasteiger partial charge on any atom is -0.314 e. The smallest absolute Gasteiger partial charge is 0.163 e. The zero-order valence-corrected chi connectivity index (χ0v) is 10.3. The summed E-state index contributed by atoms with van der Waals surface area (Å²) in [6.07, 6.45) is 2.76. The molecule has 0 saturated carbocycles. The lowest BCUT2D eigenvalue weighted by atomic mass is 10.2. The molecule has 3 nitrogen and oxygen atoms in total. The summed E-state index contributed by atoms with van der Waals surface area (Å²) < 4.78 is 2.00. The van der Waals surface area contributed by atoms with E-state index in [4.69, 9.17) is 23.2 Å². The third-order valence-electron chi connectivity index (χ3n) is 2.26. The zero-order chi connectivity index (χ0) is 11.5. The van der Waals surface area contributed by atoms with Crippen molar-refractivity contribution < 1.29 is 0 Å². The van der Waals surface area contributed by atoms with E-state index in [1.54, 1.807) is 18.5 Å². The van der Waals surface area contributed by atoms with Crippen LogP contribution in [0.2, 0.25) is 10.0 Å². The number of halogens is 2. The summed E-state index contributed by atoms with van der Waals surface area (Å²) in [4.78, 5) is 0. The van der Waals surface area contributed by atoms with Crippen LogP contribution >= 0.6 is 23.2 Å². The van der Waals surface area contributed by atoms with Gasteiger partial charge in [-0.3, -0.25) is 0 Å². The Kier molecular flexibility index (Phi) is 3.46. The Morgan fingerprint density at radius 2 is 2.06 bits per heavy atom. The van der Waals surface area contributed by atoms with Gasteiger partial charge in [-0.2, -0.15) is 0 Å². The number of rotatable bonds is 3. The second kappa shape index (κ2) is 4.85. The molecule has 0 bridgehead atoms. The maximum Gasteiger partial charge on any atom is 0.163 e. The van der Waals surface area contributed by atoms with Crippen LogP contribution < -0.4 is 0 Å². The van der Waals surface area contributed by atoms with E-state index in [0.717, 1.165) is 24.4 Å². The predicted molar refractivity (Wildman–Crippen MR) is 65.8 cm³/mol. The van der Waals surface area contributed by atoms with Crippen molar-refractivity contribution >= 4 is 23.2 Å². The Bertz CT molecular complexity index is 494. The molecule has 0 radical (unpaired) electrons. The highest BCUT2D eigenvalue weighted by Crippen LogP contribution is 2.27. The molecule has 0 unspecified atom stereocenters. The number of aromatic nitrogens is 3. The van der Waals surface area contributed by atoms with Gasteiger partial charge in [0.15, 0.2) is 5.82 Å². The molecular formula is C11H11Cl2N3. The minimum atomic E-state index is 0.533. The molecule has 0 amide bonds. The normalized spacial score (nSPS) is 10.7. The van der Waals surface area contributed by atoms with E-state index in [9.17, 15) is 0 Å². The van der Waals surface area contributed by atoms with Crippen molar-refractivity contribution in [2.24, 2.45) is 0 Å². The highest BCUT2D eigenvalue weighted by atomic mass is 35.5. The Labute approximate surface area is 104 Å². The van der Waals surface area contributed by atoms with Crippen LogP contribution in [-0.4, -0.2) is 14.8 Å². The molecule has 1 aromatic carbocycles. The van der Waals surface area contributed by atoms with Crippen LogP contribution in [0.25, 0.3) is 11.4 Å². The summed E-state index contributed by atoms with van der Waals surface area (Å²) in [7, 11) is 0. The Balaban J connectivity index is 2.42. The topological polar surface area (TPSA) is 30.7 Å². The molecule has 1 aromatic heterocycles. The average Bonchev–Trinajstić information content (AvgIpc) is 2.71. The summed E-state index contributed by atoms with van der Waals surface area (Å²) in [5.74, 6) is 0.820. The third-order valence-corrected chi connectivity index (χ3v) is 3.00. The van der Waals surface area contributed by atoms with Gasteiger partial charge in [-0.15, -0.1) is 10.2 Å². The monoisotopic (exact) mass is 255 g/mol. The Morgan fingerprint density at radius 1 is 1.25 bits per heavy atom. The van der Waals surface area contributed by atoms with Crippen molar-refractivity contribution in [3.05, 3.63) is 34.6 Å². The average molecular weight is 256 g/mol. The second-order valence-corrected chi connectivity index (χ2v) is 4.29. The molecular weight excluding hydrogens is 245 g/mol.